The SMILES string of the molecule is C[C@@H]1CCCCO[C@@H](CN(C)Cc2ccc3c(c2)OCO3)[C@@H](C)CN([C@H](C)CO)C(=O)c2cc(NC(=O)NC3CCCCC3)ccc2O1. The number of hydrogen-bond donors (Lipinski definition) is 3. The maximum absolute atomic E-state index is 14.4. The van der Waals surface area contributed by atoms with Crippen molar-refractivity contribution in [2.24, 2.45) is 5.92 Å². The van der Waals surface area contributed by atoms with E-state index in [0.717, 1.165) is 62.0 Å². The molecular weight excluding hydrogens is 612 g/mol. The maximum atomic E-state index is 14.4. The summed E-state index contributed by atoms with van der Waals surface area (Å²) in [6, 6.07) is 10.7. The van der Waals surface area contributed by atoms with Crippen LogP contribution in [-0.4, -0.2) is 91.3 Å². The van der Waals surface area contributed by atoms with Crippen molar-refractivity contribution in [2.45, 2.75) is 103 Å². The number of aliphatic hydroxyl groups is 1. The molecule has 5 rings (SSSR count). The van der Waals surface area contributed by atoms with E-state index in [1.807, 2.05) is 26.0 Å². The number of fused-ring (bicyclic) bond motifs is 2. The van der Waals surface area contributed by atoms with Crippen molar-refractivity contribution < 1.29 is 33.6 Å². The third-order valence-electron chi connectivity index (χ3n) is 9.63. The zero-order valence-electron chi connectivity index (χ0n) is 29.0. The van der Waals surface area contributed by atoms with Crippen LogP contribution >= 0.6 is 0 Å². The number of amides is 3. The van der Waals surface area contributed by atoms with E-state index in [9.17, 15) is 14.7 Å². The lowest BCUT2D eigenvalue weighted by Gasteiger charge is -2.36. The van der Waals surface area contributed by atoms with Gasteiger partial charge in [-0.05, 0) is 88.9 Å². The van der Waals surface area contributed by atoms with Gasteiger partial charge in [0.2, 0.25) is 6.79 Å². The maximum Gasteiger partial charge on any atom is 0.319 e. The Kier molecular flexibility index (Phi) is 12.8. The molecule has 0 unspecified atom stereocenters. The first-order chi connectivity index (χ1) is 23.2. The fraction of sp³-hybridized carbons (Fsp3) is 0.622. The first kappa shape index (κ1) is 35.8. The van der Waals surface area contributed by atoms with Crippen LogP contribution in [0, 0.1) is 5.92 Å². The molecule has 3 N–H and O–H groups in total. The number of rotatable bonds is 8. The molecule has 11 heteroatoms. The average molecular weight is 667 g/mol. The lowest BCUT2D eigenvalue weighted by atomic mass is 9.96. The molecule has 264 valence electrons. The van der Waals surface area contributed by atoms with Crippen molar-refractivity contribution in [3.8, 4) is 17.2 Å². The van der Waals surface area contributed by atoms with Gasteiger partial charge in [-0.25, -0.2) is 4.79 Å². The Balaban J connectivity index is 1.34. The molecule has 2 aromatic carbocycles. The fourth-order valence-corrected chi connectivity index (χ4v) is 6.79. The minimum atomic E-state index is -0.448. The molecule has 1 aliphatic carbocycles. The van der Waals surface area contributed by atoms with Crippen molar-refractivity contribution in [1.82, 2.24) is 15.1 Å². The number of likely N-dealkylation sites (N-methyl/N-ethyl adjacent to an activating group) is 1. The van der Waals surface area contributed by atoms with Gasteiger partial charge in [0.25, 0.3) is 5.91 Å². The molecule has 0 radical (unpaired) electrons. The standard InChI is InChI=1S/C37H54N4O7/c1-25-20-41(26(2)23-42)36(43)31-19-30(39-37(44)38-29-11-6-5-7-12-29)14-16-32(31)48-27(3)10-8-9-17-45-35(25)22-40(4)21-28-13-15-33-34(18-28)47-24-46-33/h13-16,18-19,25-27,29,35,42H,5-12,17,20-24H2,1-4H3,(H2,38,39,44)/t25-,26+,27+,35-/m0/s1. The molecule has 48 heavy (non-hydrogen) atoms. The normalized spacial score (nSPS) is 23.2. The second-order valence-electron chi connectivity index (χ2n) is 13.8. The summed E-state index contributed by atoms with van der Waals surface area (Å²) in [6.45, 7) is 8.34. The first-order valence-corrected chi connectivity index (χ1v) is 17.7. The summed E-state index contributed by atoms with van der Waals surface area (Å²) in [5.41, 5.74) is 1.99. The molecule has 0 spiro atoms. The molecule has 4 atom stereocenters. The number of benzene rings is 2. The van der Waals surface area contributed by atoms with Gasteiger partial charge in [-0.3, -0.25) is 9.69 Å². The van der Waals surface area contributed by atoms with Gasteiger partial charge in [-0.1, -0.05) is 32.3 Å². The largest absolute Gasteiger partial charge is 0.490 e. The summed E-state index contributed by atoms with van der Waals surface area (Å²) in [5, 5.41) is 16.3. The number of carbonyl (C=O) groups excluding carboxylic acids is 2. The van der Waals surface area contributed by atoms with Crippen molar-refractivity contribution in [3.63, 3.8) is 0 Å². The van der Waals surface area contributed by atoms with Gasteiger partial charge in [0.15, 0.2) is 11.5 Å². The topological polar surface area (TPSA) is 122 Å². The van der Waals surface area contributed by atoms with Gasteiger partial charge in [0.05, 0.1) is 30.4 Å². The molecule has 2 aromatic rings. The predicted octanol–water partition coefficient (Wildman–Crippen LogP) is 5.80. The summed E-state index contributed by atoms with van der Waals surface area (Å²) in [6.07, 6.45) is 7.74. The summed E-state index contributed by atoms with van der Waals surface area (Å²) < 4.78 is 23.9. The molecule has 3 amide bonds. The number of aliphatic hydroxyl groups excluding tert-OH is 1. The summed E-state index contributed by atoms with van der Waals surface area (Å²) >= 11 is 0. The van der Waals surface area contributed by atoms with Crippen LogP contribution in [0.25, 0.3) is 0 Å². The van der Waals surface area contributed by atoms with Crippen LogP contribution in [0.3, 0.4) is 0 Å². The Morgan fingerprint density at radius 2 is 1.75 bits per heavy atom. The number of carbonyl (C=O) groups is 2. The number of hydrogen-bond acceptors (Lipinski definition) is 8. The van der Waals surface area contributed by atoms with Gasteiger partial charge in [0, 0.05) is 43.9 Å². The molecule has 11 nitrogen and oxygen atoms in total. The third kappa shape index (κ3) is 9.76. The van der Waals surface area contributed by atoms with Crippen LogP contribution in [0.15, 0.2) is 36.4 Å². The highest BCUT2D eigenvalue weighted by Gasteiger charge is 2.31. The zero-order chi connectivity index (χ0) is 34.0. The van der Waals surface area contributed by atoms with E-state index in [1.54, 1.807) is 23.1 Å². The molecule has 2 heterocycles. The van der Waals surface area contributed by atoms with Gasteiger partial charge < -0.3 is 39.6 Å². The zero-order valence-corrected chi connectivity index (χ0v) is 29.0. The lowest BCUT2D eigenvalue weighted by Crippen LogP contribution is -2.47. The second kappa shape index (κ2) is 17.2. The minimum Gasteiger partial charge on any atom is -0.490 e. The Morgan fingerprint density at radius 1 is 1.00 bits per heavy atom. The highest BCUT2D eigenvalue weighted by Crippen LogP contribution is 2.33. The minimum absolute atomic E-state index is 0.0454. The molecule has 1 saturated carbocycles. The van der Waals surface area contributed by atoms with Crippen molar-refractivity contribution in [1.29, 1.82) is 0 Å². The Morgan fingerprint density at radius 3 is 2.54 bits per heavy atom. The molecule has 0 bridgehead atoms. The third-order valence-corrected chi connectivity index (χ3v) is 9.63. The molecular formula is C37H54N4O7. The van der Waals surface area contributed by atoms with E-state index in [2.05, 4.69) is 35.6 Å². The number of urea groups is 1. The van der Waals surface area contributed by atoms with E-state index < -0.39 is 6.04 Å². The van der Waals surface area contributed by atoms with E-state index in [4.69, 9.17) is 18.9 Å². The Hall–Kier alpha value is -3.54. The van der Waals surface area contributed by atoms with Gasteiger partial charge in [-0.2, -0.15) is 0 Å². The van der Waals surface area contributed by atoms with Gasteiger partial charge in [-0.15, -0.1) is 0 Å². The van der Waals surface area contributed by atoms with Crippen molar-refractivity contribution >= 4 is 17.6 Å². The molecule has 0 aromatic heterocycles. The van der Waals surface area contributed by atoms with Crippen molar-refractivity contribution in [3.05, 3.63) is 47.5 Å². The van der Waals surface area contributed by atoms with Crippen LogP contribution < -0.4 is 24.8 Å². The van der Waals surface area contributed by atoms with Gasteiger partial charge in [0.1, 0.15) is 5.75 Å². The second-order valence-corrected chi connectivity index (χ2v) is 13.8. The van der Waals surface area contributed by atoms with Crippen LogP contribution in [0.5, 0.6) is 17.2 Å². The summed E-state index contributed by atoms with van der Waals surface area (Å²) in [5.74, 6) is 1.70. The quantitative estimate of drug-likeness (QED) is 0.324. The molecule has 0 saturated heterocycles. The highest BCUT2D eigenvalue weighted by molar-refractivity contribution is 5.99. The van der Waals surface area contributed by atoms with E-state index in [1.165, 1.54) is 6.42 Å². The van der Waals surface area contributed by atoms with Gasteiger partial charge >= 0.3 is 6.03 Å². The lowest BCUT2D eigenvalue weighted by molar-refractivity contribution is -0.0177. The summed E-state index contributed by atoms with van der Waals surface area (Å²) in [4.78, 5) is 31.2. The number of ether oxygens (including phenoxy) is 4. The fourth-order valence-electron chi connectivity index (χ4n) is 6.79. The van der Waals surface area contributed by atoms with E-state index in [-0.39, 0.29) is 49.5 Å². The number of anilines is 1. The highest BCUT2D eigenvalue weighted by atomic mass is 16.7. The molecule has 3 aliphatic rings. The van der Waals surface area contributed by atoms with E-state index in [0.29, 0.717) is 43.2 Å². The Labute approximate surface area is 285 Å². The van der Waals surface area contributed by atoms with Crippen LogP contribution in [0.1, 0.15) is 88.1 Å². The van der Waals surface area contributed by atoms with Crippen LogP contribution in [-0.2, 0) is 11.3 Å². The number of nitrogens with one attached hydrogen (secondary N) is 2. The van der Waals surface area contributed by atoms with Crippen LogP contribution in [0.4, 0.5) is 10.5 Å². The van der Waals surface area contributed by atoms with Crippen molar-refractivity contribution in [2.75, 3.05) is 45.5 Å². The Bertz CT molecular complexity index is 1370. The first-order valence-electron chi connectivity index (χ1n) is 17.7. The molecule has 1 fully saturated rings. The summed E-state index contributed by atoms with van der Waals surface area (Å²) in [7, 11) is 2.07. The average Bonchev–Trinajstić information content (AvgIpc) is 3.54. The number of nitrogens with zero attached hydrogens (tertiary/aromatic N) is 2. The molecule has 2 aliphatic heterocycles. The smallest absolute Gasteiger partial charge is 0.319 e. The van der Waals surface area contributed by atoms with E-state index >= 15 is 0 Å². The monoisotopic (exact) mass is 666 g/mol. The predicted molar refractivity (Wildman–Crippen MR) is 185 cm³/mol. The van der Waals surface area contributed by atoms with Crippen LogP contribution in [0.2, 0.25) is 0 Å².